The molecule has 0 atom stereocenters. The molecule has 2 aromatic carbocycles. The summed E-state index contributed by atoms with van der Waals surface area (Å²) < 4.78 is 5.31. The Balaban J connectivity index is 1.66. The van der Waals surface area contributed by atoms with Crippen molar-refractivity contribution in [1.29, 1.82) is 0 Å². The number of fused-ring (bicyclic) bond motifs is 1. The molecule has 118 valence electrons. The average Bonchev–Trinajstić information content (AvgIpc) is 2.59. The zero-order valence-corrected chi connectivity index (χ0v) is 12.5. The second kappa shape index (κ2) is 6.48. The molecule has 0 aromatic heterocycles. The molecular formula is C17H16N2O4. The second-order valence-electron chi connectivity index (χ2n) is 5.38. The predicted octanol–water partition coefficient (Wildman–Crippen LogP) is 3.29. The van der Waals surface area contributed by atoms with Crippen molar-refractivity contribution in [2.45, 2.75) is 19.6 Å². The molecule has 0 unspecified atom stereocenters. The summed E-state index contributed by atoms with van der Waals surface area (Å²) in [5.74, 6) is 0. The maximum Gasteiger partial charge on any atom is 0.410 e. The normalized spacial score (nSPS) is 13.3. The van der Waals surface area contributed by atoms with Crippen LogP contribution in [0.2, 0.25) is 0 Å². The third-order valence-corrected chi connectivity index (χ3v) is 3.90. The van der Waals surface area contributed by atoms with E-state index in [1.165, 1.54) is 6.07 Å². The molecule has 3 rings (SSSR count). The van der Waals surface area contributed by atoms with E-state index >= 15 is 0 Å². The number of ether oxygens (including phenoxy) is 1. The number of nitro benzene ring substituents is 1. The molecule has 1 heterocycles. The van der Waals surface area contributed by atoms with Crippen molar-refractivity contribution in [3.05, 3.63) is 75.3 Å². The fourth-order valence-electron chi connectivity index (χ4n) is 2.73. The van der Waals surface area contributed by atoms with Crippen molar-refractivity contribution >= 4 is 11.8 Å². The van der Waals surface area contributed by atoms with Crippen LogP contribution in [0.1, 0.15) is 16.7 Å². The van der Waals surface area contributed by atoms with Gasteiger partial charge in [-0.05, 0) is 17.5 Å². The second-order valence-corrected chi connectivity index (χ2v) is 5.38. The van der Waals surface area contributed by atoms with E-state index in [1.807, 2.05) is 36.4 Å². The van der Waals surface area contributed by atoms with Crippen molar-refractivity contribution in [3.8, 4) is 0 Å². The Morgan fingerprint density at radius 1 is 1.17 bits per heavy atom. The number of carbonyl (C=O) groups excluding carboxylic acids is 1. The lowest BCUT2D eigenvalue weighted by atomic mass is 9.98. The van der Waals surface area contributed by atoms with Crippen LogP contribution in [0.25, 0.3) is 0 Å². The van der Waals surface area contributed by atoms with Crippen LogP contribution in [0.15, 0.2) is 48.5 Å². The number of hydrogen-bond donors (Lipinski definition) is 0. The van der Waals surface area contributed by atoms with Gasteiger partial charge in [-0.1, -0.05) is 42.5 Å². The maximum absolute atomic E-state index is 12.2. The van der Waals surface area contributed by atoms with Gasteiger partial charge in [0.2, 0.25) is 0 Å². The fraction of sp³-hybridized carbons (Fsp3) is 0.235. The molecule has 0 spiro atoms. The summed E-state index contributed by atoms with van der Waals surface area (Å²) in [4.78, 5) is 24.4. The number of nitro groups is 1. The largest absolute Gasteiger partial charge is 0.445 e. The van der Waals surface area contributed by atoms with E-state index in [4.69, 9.17) is 4.74 Å². The highest BCUT2D eigenvalue weighted by Crippen LogP contribution is 2.28. The minimum atomic E-state index is -0.397. The van der Waals surface area contributed by atoms with E-state index in [-0.39, 0.29) is 17.2 Å². The number of nitrogens with zero attached hydrogens (tertiary/aromatic N) is 2. The van der Waals surface area contributed by atoms with Crippen molar-refractivity contribution in [1.82, 2.24) is 4.90 Å². The summed E-state index contributed by atoms with van der Waals surface area (Å²) in [6.45, 7) is 0.980. The molecule has 1 aliphatic heterocycles. The van der Waals surface area contributed by atoms with Crippen molar-refractivity contribution in [2.75, 3.05) is 6.54 Å². The maximum atomic E-state index is 12.2. The van der Waals surface area contributed by atoms with Gasteiger partial charge in [-0.2, -0.15) is 0 Å². The molecule has 6 heteroatoms. The first-order chi connectivity index (χ1) is 11.1. The first-order valence-corrected chi connectivity index (χ1v) is 7.36. The Bertz CT molecular complexity index is 731. The summed E-state index contributed by atoms with van der Waals surface area (Å²) >= 11 is 0. The van der Waals surface area contributed by atoms with Gasteiger partial charge in [-0.15, -0.1) is 0 Å². The highest BCUT2D eigenvalue weighted by Gasteiger charge is 2.26. The van der Waals surface area contributed by atoms with Gasteiger partial charge in [0, 0.05) is 24.7 Å². The van der Waals surface area contributed by atoms with Gasteiger partial charge < -0.3 is 9.64 Å². The predicted molar refractivity (Wildman–Crippen MR) is 83.8 cm³/mol. The number of rotatable bonds is 3. The number of benzene rings is 2. The number of carbonyl (C=O) groups is 1. The van der Waals surface area contributed by atoms with Crippen LogP contribution in [-0.4, -0.2) is 22.5 Å². The molecule has 0 N–H and O–H groups in total. The highest BCUT2D eigenvalue weighted by atomic mass is 16.6. The van der Waals surface area contributed by atoms with E-state index in [1.54, 1.807) is 11.0 Å². The minimum Gasteiger partial charge on any atom is -0.445 e. The first kappa shape index (κ1) is 15.0. The fourth-order valence-corrected chi connectivity index (χ4v) is 2.73. The Labute approximate surface area is 133 Å². The SMILES string of the molecule is O=C(OCc1ccccc1)N1CCc2c(cccc2[N+](=O)[O-])C1. The minimum absolute atomic E-state index is 0.125. The Morgan fingerprint density at radius 3 is 2.70 bits per heavy atom. The first-order valence-electron chi connectivity index (χ1n) is 7.36. The lowest BCUT2D eigenvalue weighted by Gasteiger charge is -2.27. The van der Waals surface area contributed by atoms with Crippen LogP contribution in [0.4, 0.5) is 10.5 Å². The molecule has 0 saturated carbocycles. The van der Waals surface area contributed by atoms with Gasteiger partial charge in [0.1, 0.15) is 6.61 Å². The van der Waals surface area contributed by atoms with Crippen molar-refractivity contribution in [2.24, 2.45) is 0 Å². The van der Waals surface area contributed by atoms with Gasteiger partial charge in [-0.25, -0.2) is 4.79 Å². The van der Waals surface area contributed by atoms with Gasteiger partial charge in [0.05, 0.1) is 4.92 Å². The lowest BCUT2D eigenvalue weighted by molar-refractivity contribution is -0.385. The van der Waals surface area contributed by atoms with Gasteiger partial charge in [-0.3, -0.25) is 10.1 Å². The molecule has 0 bridgehead atoms. The Kier molecular flexibility index (Phi) is 4.23. The van der Waals surface area contributed by atoms with E-state index in [9.17, 15) is 14.9 Å². The molecule has 0 radical (unpaired) electrons. The van der Waals surface area contributed by atoms with Crippen molar-refractivity contribution < 1.29 is 14.5 Å². The monoisotopic (exact) mass is 312 g/mol. The van der Waals surface area contributed by atoms with Crippen LogP contribution in [-0.2, 0) is 24.3 Å². The number of amides is 1. The van der Waals surface area contributed by atoms with Crippen LogP contribution in [0.3, 0.4) is 0 Å². The lowest BCUT2D eigenvalue weighted by Crippen LogP contribution is -2.36. The molecule has 23 heavy (non-hydrogen) atoms. The number of hydrogen-bond acceptors (Lipinski definition) is 4. The topological polar surface area (TPSA) is 72.7 Å². The van der Waals surface area contributed by atoms with Gasteiger partial charge >= 0.3 is 6.09 Å². The summed E-state index contributed by atoms with van der Waals surface area (Å²) in [7, 11) is 0. The Hall–Kier alpha value is -2.89. The van der Waals surface area contributed by atoms with Crippen LogP contribution >= 0.6 is 0 Å². The van der Waals surface area contributed by atoms with E-state index in [0.29, 0.717) is 25.1 Å². The zero-order valence-electron chi connectivity index (χ0n) is 12.5. The summed E-state index contributed by atoms with van der Waals surface area (Å²) in [6, 6.07) is 14.4. The molecule has 0 saturated heterocycles. The van der Waals surface area contributed by atoms with Gasteiger partial charge in [0.25, 0.3) is 5.69 Å². The molecule has 1 aliphatic rings. The molecule has 1 amide bonds. The third kappa shape index (κ3) is 3.31. The Morgan fingerprint density at radius 2 is 1.96 bits per heavy atom. The van der Waals surface area contributed by atoms with Crippen LogP contribution in [0, 0.1) is 10.1 Å². The quantitative estimate of drug-likeness (QED) is 0.644. The molecule has 6 nitrogen and oxygen atoms in total. The summed E-state index contributed by atoms with van der Waals surface area (Å²) in [5.41, 5.74) is 2.57. The molecule has 0 aliphatic carbocycles. The van der Waals surface area contributed by atoms with Crippen molar-refractivity contribution in [3.63, 3.8) is 0 Å². The molecular weight excluding hydrogens is 296 g/mol. The zero-order chi connectivity index (χ0) is 16.2. The van der Waals surface area contributed by atoms with E-state index in [0.717, 1.165) is 11.1 Å². The smallest absolute Gasteiger partial charge is 0.410 e. The third-order valence-electron chi connectivity index (χ3n) is 3.90. The summed E-state index contributed by atoms with van der Waals surface area (Å²) in [5, 5.41) is 11.0. The standard InChI is InChI=1S/C17H16N2O4/c20-17(23-12-13-5-2-1-3-6-13)18-10-9-15-14(11-18)7-4-8-16(15)19(21)22/h1-8H,9-12H2. The van der Waals surface area contributed by atoms with Gasteiger partial charge in [0.15, 0.2) is 0 Å². The molecule has 0 fully saturated rings. The van der Waals surface area contributed by atoms with Crippen LogP contribution < -0.4 is 0 Å². The van der Waals surface area contributed by atoms with Crippen LogP contribution in [0.5, 0.6) is 0 Å². The average molecular weight is 312 g/mol. The van der Waals surface area contributed by atoms with E-state index in [2.05, 4.69) is 0 Å². The van der Waals surface area contributed by atoms with E-state index < -0.39 is 6.09 Å². The summed E-state index contributed by atoms with van der Waals surface area (Å²) in [6.07, 6.45) is 0.0680. The highest BCUT2D eigenvalue weighted by molar-refractivity contribution is 5.68. The molecule has 2 aromatic rings.